The van der Waals surface area contributed by atoms with Crippen LogP contribution < -0.4 is 5.73 Å². The number of carboxylic acid groups (broad SMARTS) is 1. The molecule has 0 saturated heterocycles. The lowest BCUT2D eigenvalue weighted by atomic mass is 10.1. The molecule has 0 fully saturated rings. The molecule has 0 saturated carbocycles. The van der Waals surface area contributed by atoms with Crippen LogP contribution in [0.3, 0.4) is 0 Å². The predicted molar refractivity (Wildman–Crippen MR) is 62.9 cm³/mol. The van der Waals surface area contributed by atoms with Gasteiger partial charge in [-0.25, -0.2) is 4.68 Å². The maximum Gasteiger partial charge on any atom is 0.325 e. The Bertz CT molecular complexity index is 531. The summed E-state index contributed by atoms with van der Waals surface area (Å²) in [7, 11) is 0. The van der Waals surface area contributed by atoms with Gasteiger partial charge in [0.25, 0.3) is 0 Å². The Hall–Kier alpha value is -2.14. The first kappa shape index (κ1) is 11.3. The average molecular weight is 231 g/mol. The summed E-state index contributed by atoms with van der Waals surface area (Å²) < 4.78 is 1.77. The van der Waals surface area contributed by atoms with Gasteiger partial charge in [-0.1, -0.05) is 12.1 Å². The van der Waals surface area contributed by atoms with Crippen molar-refractivity contribution in [3.8, 4) is 5.69 Å². The van der Waals surface area contributed by atoms with Crippen LogP contribution in [0.5, 0.6) is 0 Å². The fourth-order valence-electron chi connectivity index (χ4n) is 1.61. The molecule has 1 heterocycles. The number of carboxylic acids is 1. The van der Waals surface area contributed by atoms with Gasteiger partial charge in [0.1, 0.15) is 6.04 Å². The van der Waals surface area contributed by atoms with E-state index in [0.717, 1.165) is 11.4 Å². The Morgan fingerprint density at radius 1 is 1.35 bits per heavy atom. The summed E-state index contributed by atoms with van der Waals surface area (Å²) in [5, 5.41) is 13.0. The smallest absolute Gasteiger partial charge is 0.325 e. The molecule has 17 heavy (non-hydrogen) atoms. The zero-order chi connectivity index (χ0) is 12.4. The monoisotopic (exact) mass is 231 g/mol. The summed E-state index contributed by atoms with van der Waals surface area (Å²) in [6.45, 7) is 1.95. The van der Waals surface area contributed by atoms with E-state index in [1.165, 1.54) is 0 Å². The van der Waals surface area contributed by atoms with Crippen molar-refractivity contribution in [3.63, 3.8) is 0 Å². The molecule has 1 unspecified atom stereocenters. The van der Waals surface area contributed by atoms with Gasteiger partial charge >= 0.3 is 5.97 Å². The van der Waals surface area contributed by atoms with Crippen molar-refractivity contribution >= 4 is 5.97 Å². The second-order valence-corrected chi connectivity index (χ2v) is 3.79. The van der Waals surface area contributed by atoms with Crippen LogP contribution in [0, 0.1) is 6.92 Å². The number of nitrogens with two attached hydrogens (primary N) is 1. The zero-order valence-electron chi connectivity index (χ0n) is 9.37. The fourth-order valence-corrected chi connectivity index (χ4v) is 1.61. The minimum Gasteiger partial charge on any atom is -0.480 e. The Morgan fingerprint density at radius 3 is 2.47 bits per heavy atom. The summed E-state index contributed by atoms with van der Waals surface area (Å²) in [6, 6.07) is 7.93. The van der Waals surface area contributed by atoms with Gasteiger partial charge in [-0.3, -0.25) is 4.79 Å². The first-order valence-corrected chi connectivity index (χ1v) is 5.19. The standard InChI is InChI=1S/C12H13N3O2/c1-8-6-7-14-15(8)10-4-2-9(3-5-10)11(13)12(16)17/h2-7,11H,13H2,1H3,(H,16,17). The van der Waals surface area contributed by atoms with Crippen molar-refractivity contribution < 1.29 is 9.90 Å². The van der Waals surface area contributed by atoms with E-state index in [4.69, 9.17) is 10.8 Å². The van der Waals surface area contributed by atoms with Crippen molar-refractivity contribution in [1.82, 2.24) is 9.78 Å². The third-order valence-electron chi connectivity index (χ3n) is 2.59. The number of hydrogen-bond donors (Lipinski definition) is 2. The normalized spacial score (nSPS) is 12.4. The van der Waals surface area contributed by atoms with E-state index in [1.807, 2.05) is 13.0 Å². The Labute approximate surface area is 98.5 Å². The molecular weight excluding hydrogens is 218 g/mol. The van der Waals surface area contributed by atoms with Gasteiger partial charge in [-0.2, -0.15) is 5.10 Å². The molecule has 0 aliphatic rings. The molecule has 0 spiro atoms. The van der Waals surface area contributed by atoms with Gasteiger partial charge < -0.3 is 10.8 Å². The van der Waals surface area contributed by atoms with E-state index in [-0.39, 0.29) is 0 Å². The van der Waals surface area contributed by atoms with E-state index in [2.05, 4.69) is 5.10 Å². The third-order valence-corrected chi connectivity index (χ3v) is 2.59. The number of carbonyl (C=O) groups is 1. The first-order chi connectivity index (χ1) is 8.09. The second kappa shape index (κ2) is 4.39. The van der Waals surface area contributed by atoms with Crippen LogP contribution in [0.15, 0.2) is 36.5 Å². The van der Waals surface area contributed by atoms with E-state index < -0.39 is 12.0 Å². The van der Waals surface area contributed by atoms with Gasteiger partial charge in [0, 0.05) is 11.9 Å². The van der Waals surface area contributed by atoms with Crippen LogP contribution in [0.2, 0.25) is 0 Å². The molecule has 0 aliphatic carbocycles. The highest BCUT2D eigenvalue weighted by atomic mass is 16.4. The van der Waals surface area contributed by atoms with Crippen LogP contribution >= 0.6 is 0 Å². The van der Waals surface area contributed by atoms with E-state index in [0.29, 0.717) is 5.56 Å². The highest BCUT2D eigenvalue weighted by Gasteiger charge is 2.13. The SMILES string of the molecule is Cc1ccnn1-c1ccc(C(N)C(=O)O)cc1. The number of aromatic nitrogens is 2. The highest BCUT2D eigenvalue weighted by Crippen LogP contribution is 2.15. The maximum atomic E-state index is 10.7. The van der Waals surface area contributed by atoms with Gasteiger partial charge in [0.2, 0.25) is 0 Å². The predicted octanol–water partition coefficient (Wildman–Crippen LogP) is 1.27. The first-order valence-electron chi connectivity index (χ1n) is 5.19. The summed E-state index contributed by atoms with van der Waals surface area (Å²) in [5.74, 6) is -1.03. The number of rotatable bonds is 3. The van der Waals surface area contributed by atoms with E-state index in [1.54, 1.807) is 35.1 Å². The summed E-state index contributed by atoms with van der Waals surface area (Å²) in [4.78, 5) is 10.7. The minimum atomic E-state index is -1.03. The average Bonchev–Trinajstić information content (AvgIpc) is 2.74. The molecule has 0 aliphatic heterocycles. The molecular formula is C12H13N3O2. The van der Waals surface area contributed by atoms with E-state index >= 15 is 0 Å². The van der Waals surface area contributed by atoms with Crippen molar-refractivity contribution in [3.05, 3.63) is 47.8 Å². The number of aryl methyl sites for hydroxylation is 1. The molecule has 5 nitrogen and oxygen atoms in total. The van der Waals surface area contributed by atoms with Gasteiger partial charge in [-0.15, -0.1) is 0 Å². The number of aliphatic carboxylic acids is 1. The molecule has 88 valence electrons. The highest BCUT2D eigenvalue weighted by molar-refractivity contribution is 5.75. The summed E-state index contributed by atoms with van der Waals surface area (Å²) in [6.07, 6.45) is 1.71. The Morgan fingerprint density at radius 2 is 2.00 bits per heavy atom. The van der Waals surface area contributed by atoms with Crippen LogP contribution in [0.4, 0.5) is 0 Å². The lowest BCUT2D eigenvalue weighted by Crippen LogP contribution is -2.20. The van der Waals surface area contributed by atoms with Gasteiger partial charge in [-0.05, 0) is 30.7 Å². The lowest BCUT2D eigenvalue weighted by Gasteiger charge is -2.08. The summed E-state index contributed by atoms with van der Waals surface area (Å²) in [5.41, 5.74) is 7.99. The van der Waals surface area contributed by atoms with Crippen molar-refractivity contribution in [2.75, 3.05) is 0 Å². The molecule has 1 atom stereocenters. The lowest BCUT2D eigenvalue weighted by molar-refractivity contribution is -0.138. The zero-order valence-corrected chi connectivity index (χ0v) is 9.37. The molecule has 0 radical (unpaired) electrons. The third kappa shape index (κ3) is 2.19. The number of nitrogens with zero attached hydrogens (tertiary/aromatic N) is 2. The molecule has 1 aromatic carbocycles. The topological polar surface area (TPSA) is 81.1 Å². The molecule has 5 heteroatoms. The fraction of sp³-hybridized carbons (Fsp3) is 0.167. The molecule has 2 rings (SSSR count). The molecule has 0 bridgehead atoms. The van der Waals surface area contributed by atoms with E-state index in [9.17, 15) is 4.79 Å². The van der Waals surface area contributed by atoms with Crippen molar-refractivity contribution in [1.29, 1.82) is 0 Å². The Kier molecular flexibility index (Phi) is 2.93. The van der Waals surface area contributed by atoms with Gasteiger partial charge in [0.05, 0.1) is 5.69 Å². The molecule has 1 aromatic heterocycles. The largest absolute Gasteiger partial charge is 0.480 e. The quantitative estimate of drug-likeness (QED) is 0.833. The number of hydrogen-bond acceptors (Lipinski definition) is 3. The maximum absolute atomic E-state index is 10.7. The molecule has 0 amide bonds. The summed E-state index contributed by atoms with van der Waals surface area (Å²) >= 11 is 0. The Balaban J connectivity index is 2.31. The molecule has 3 N–H and O–H groups in total. The van der Waals surface area contributed by atoms with Crippen molar-refractivity contribution in [2.45, 2.75) is 13.0 Å². The second-order valence-electron chi connectivity index (χ2n) is 3.79. The van der Waals surface area contributed by atoms with Crippen molar-refractivity contribution in [2.24, 2.45) is 5.73 Å². The van der Waals surface area contributed by atoms with Gasteiger partial charge in [0.15, 0.2) is 0 Å². The minimum absolute atomic E-state index is 0.575. The molecule has 2 aromatic rings. The van der Waals surface area contributed by atoms with Crippen LogP contribution in [0.25, 0.3) is 5.69 Å². The van der Waals surface area contributed by atoms with Crippen LogP contribution in [-0.2, 0) is 4.79 Å². The van der Waals surface area contributed by atoms with Crippen LogP contribution in [-0.4, -0.2) is 20.9 Å². The number of benzene rings is 1. The van der Waals surface area contributed by atoms with Crippen LogP contribution in [0.1, 0.15) is 17.3 Å².